The van der Waals surface area contributed by atoms with Crippen molar-refractivity contribution in [3.8, 4) is 0 Å². The zero-order valence-corrected chi connectivity index (χ0v) is 17.1. The zero-order valence-electron chi connectivity index (χ0n) is 16.2. The second-order valence-electron chi connectivity index (χ2n) is 6.95. The lowest BCUT2D eigenvalue weighted by molar-refractivity contribution is -0.114. The van der Waals surface area contributed by atoms with Gasteiger partial charge < -0.3 is 10.6 Å². The lowest BCUT2D eigenvalue weighted by atomic mass is 10.2. The van der Waals surface area contributed by atoms with Crippen LogP contribution in [-0.2, 0) is 17.9 Å². The van der Waals surface area contributed by atoms with E-state index >= 15 is 0 Å². The van der Waals surface area contributed by atoms with Crippen molar-refractivity contribution < 1.29 is 9.18 Å². The molecular weight excluding hydrogens is 405 g/mol. The first-order valence-electron chi connectivity index (χ1n) is 9.28. The molecular formula is C21H20FN5O2S. The standard InChI is InChI=1S/C21H20FN5O2S/c1-14-18(19(23)28)30-21(27(14)13-16-3-2-8-24-11-16)26-10-9-25(20(26)29)12-15-4-6-17(22)7-5-15/h2-11,21H,12-13H2,1H3,(H2,23,28). The van der Waals surface area contributed by atoms with E-state index in [1.165, 1.54) is 23.9 Å². The summed E-state index contributed by atoms with van der Waals surface area (Å²) in [6.07, 6.45) is 6.82. The Morgan fingerprint density at radius 3 is 2.60 bits per heavy atom. The summed E-state index contributed by atoms with van der Waals surface area (Å²) in [6.45, 7) is 2.62. The Morgan fingerprint density at radius 2 is 1.93 bits per heavy atom. The summed E-state index contributed by atoms with van der Waals surface area (Å²) in [5.41, 5.74) is 7.37. The molecule has 3 aromatic rings. The summed E-state index contributed by atoms with van der Waals surface area (Å²) < 4.78 is 16.3. The number of aromatic nitrogens is 3. The number of amides is 1. The molecule has 4 rings (SSSR count). The number of nitrogens with two attached hydrogens (primary N) is 1. The van der Waals surface area contributed by atoms with Crippen molar-refractivity contribution in [1.29, 1.82) is 0 Å². The number of hydrogen-bond acceptors (Lipinski definition) is 5. The number of primary amides is 1. The number of carbonyl (C=O) groups is 1. The first kappa shape index (κ1) is 20.0. The average molecular weight is 425 g/mol. The van der Waals surface area contributed by atoms with Gasteiger partial charge in [0.25, 0.3) is 5.91 Å². The van der Waals surface area contributed by atoms with Crippen molar-refractivity contribution in [2.24, 2.45) is 5.73 Å². The SMILES string of the molecule is CC1=C(C(N)=O)SC(n2ccn(Cc3ccc(F)cc3)c2=O)N1Cc1cccnc1. The molecule has 30 heavy (non-hydrogen) atoms. The fraction of sp³-hybridized carbons (Fsp3) is 0.190. The Hall–Kier alpha value is -3.33. The van der Waals surface area contributed by atoms with Crippen molar-refractivity contribution in [2.45, 2.75) is 25.5 Å². The van der Waals surface area contributed by atoms with Gasteiger partial charge in [-0.15, -0.1) is 0 Å². The van der Waals surface area contributed by atoms with Crippen LogP contribution in [0.3, 0.4) is 0 Å². The monoisotopic (exact) mass is 425 g/mol. The van der Waals surface area contributed by atoms with E-state index in [9.17, 15) is 14.0 Å². The number of hydrogen-bond donors (Lipinski definition) is 1. The smallest absolute Gasteiger partial charge is 0.330 e. The number of allylic oxidation sites excluding steroid dienone is 1. The minimum absolute atomic E-state index is 0.230. The van der Waals surface area contributed by atoms with Crippen molar-refractivity contribution in [3.63, 3.8) is 0 Å². The van der Waals surface area contributed by atoms with Crippen LogP contribution in [-0.4, -0.2) is 24.9 Å². The van der Waals surface area contributed by atoms with Gasteiger partial charge in [0.15, 0.2) is 5.50 Å². The highest BCUT2D eigenvalue weighted by molar-refractivity contribution is 8.04. The number of pyridine rings is 1. The lowest BCUT2D eigenvalue weighted by Crippen LogP contribution is -2.33. The molecule has 1 aliphatic heterocycles. The van der Waals surface area contributed by atoms with E-state index in [-0.39, 0.29) is 11.5 Å². The van der Waals surface area contributed by atoms with E-state index in [4.69, 9.17) is 5.73 Å². The first-order chi connectivity index (χ1) is 14.4. The molecule has 9 heteroatoms. The third kappa shape index (κ3) is 3.88. The average Bonchev–Trinajstić information content (AvgIpc) is 3.25. The minimum atomic E-state index is -0.519. The third-order valence-electron chi connectivity index (χ3n) is 4.93. The van der Waals surface area contributed by atoms with Crippen molar-refractivity contribution in [2.75, 3.05) is 0 Å². The van der Waals surface area contributed by atoms with Crippen LogP contribution in [0.15, 0.2) is 76.6 Å². The van der Waals surface area contributed by atoms with E-state index in [1.54, 1.807) is 46.1 Å². The maximum atomic E-state index is 13.1. The molecule has 7 nitrogen and oxygen atoms in total. The predicted octanol–water partition coefficient (Wildman–Crippen LogP) is 2.65. The lowest BCUT2D eigenvalue weighted by Gasteiger charge is -2.27. The van der Waals surface area contributed by atoms with Gasteiger partial charge in [-0.25, -0.2) is 9.18 Å². The van der Waals surface area contributed by atoms with Crippen LogP contribution in [0.5, 0.6) is 0 Å². The quantitative estimate of drug-likeness (QED) is 0.656. The number of halogens is 1. The minimum Gasteiger partial charge on any atom is -0.365 e. The highest BCUT2D eigenvalue weighted by Crippen LogP contribution is 2.44. The second-order valence-corrected chi connectivity index (χ2v) is 8.02. The fourth-order valence-corrected chi connectivity index (χ4v) is 4.63. The Balaban J connectivity index is 1.64. The van der Waals surface area contributed by atoms with Gasteiger partial charge in [0, 0.05) is 37.0 Å². The number of carbonyl (C=O) groups excluding carboxylic acids is 1. The fourth-order valence-electron chi connectivity index (χ4n) is 3.38. The van der Waals surface area contributed by atoms with Crippen LogP contribution in [0.25, 0.3) is 0 Å². The van der Waals surface area contributed by atoms with Crippen molar-refractivity contribution in [3.05, 3.63) is 99.2 Å². The summed E-state index contributed by atoms with van der Waals surface area (Å²) in [5.74, 6) is -0.840. The van der Waals surface area contributed by atoms with Crippen molar-refractivity contribution >= 4 is 17.7 Å². The van der Waals surface area contributed by atoms with E-state index in [0.717, 1.165) is 16.8 Å². The Labute approximate surface area is 176 Å². The van der Waals surface area contributed by atoms with Gasteiger partial charge in [-0.05, 0) is 36.2 Å². The summed E-state index contributed by atoms with van der Waals surface area (Å²) in [4.78, 5) is 31.5. The van der Waals surface area contributed by atoms with Crippen LogP contribution >= 0.6 is 11.8 Å². The summed E-state index contributed by atoms with van der Waals surface area (Å²) in [7, 11) is 0. The molecule has 0 radical (unpaired) electrons. The number of thioether (sulfide) groups is 1. The van der Waals surface area contributed by atoms with Gasteiger partial charge in [0.1, 0.15) is 5.82 Å². The first-order valence-corrected chi connectivity index (χ1v) is 10.2. The number of imidazole rings is 1. The molecule has 0 saturated heterocycles. The molecule has 0 saturated carbocycles. The van der Waals surface area contributed by atoms with Crippen LogP contribution in [0.4, 0.5) is 4.39 Å². The summed E-state index contributed by atoms with van der Waals surface area (Å²) in [5, 5.41) is 0. The number of nitrogens with zero attached hydrogens (tertiary/aromatic N) is 4. The van der Waals surface area contributed by atoms with Gasteiger partial charge in [0.05, 0.1) is 11.4 Å². The molecule has 3 heterocycles. The van der Waals surface area contributed by atoms with E-state index < -0.39 is 11.4 Å². The highest BCUT2D eigenvalue weighted by atomic mass is 32.2. The molecule has 1 atom stereocenters. The predicted molar refractivity (Wildman–Crippen MR) is 112 cm³/mol. The molecule has 0 spiro atoms. The van der Waals surface area contributed by atoms with E-state index in [0.29, 0.717) is 18.0 Å². The van der Waals surface area contributed by atoms with Crippen LogP contribution in [0, 0.1) is 5.82 Å². The molecule has 154 valence electrons. The van der Waals surface area contributed by atoms with Crippen molar-refractivity contribution in [1.82, 2.24) is 19.0 Å². The van der Waals surface area contributed by atoms with Gasteiger partial charge in [-0.2, -0.15) is 0 Å². The van der Waals surface area contributed by atoms with Crippen LogP contribution < -0.4 is 11.4 Å². The summed E-state index contributed by atoms with van der Waals surface area (Å²) in [6, 6.07) is 9.81. The Bertz CT molecular complexity index is 1150. The van der Waals surface area contributed by atoms with Gasteiger partial charge >= 0.3 is 5.69 Å². The normalized spacial score (nSPS) is 16.3. The molecule has 1 aromatic carbocycles. The molecule has 0 aliphatic carbocycles. The van der Waals surface area contributed by atoms with E-state index in [1.807, 2.05) is 24.0 Å². The molecule has 2 aromatic heterocycles. The molecule has 1 amide bonds. The van der Waals surface area contributed by atoms with Gasteiger partial charge in [0.2, 0.25) is 0 Å². The Morgan fingerprint density at radius 1 is 1.17 bits per heavy atom. The maximum absolute atomic E-state index is 13.1. The second kappa shape index (κ2) is 8.19. The van der Waals surface area contributed by atoms with Gasteiger partial charge in [-0.3, -0.25) is 18.9 Å². The molecule has 0 bridgehead atoms. The molecule has 0 fully saturated rings. The Kier molecular flexibility index (Phi) is 5.45. The zero-order chi connectivity index (χ0) is 21.3. The molecule has 1 aliphatic rings. The van der Waals surface area contributed by atoms with Gasteiger partial charge in [-0.1, -0.05) is 30.0 Å². The van der Waals surface area contributed by atoms with Crippen LogP contribution in [0.1, 0.15) is 23.5 Å². The molecule has 1 unspecified atom stereocenters. The molecule has 2 N–H and O–H groups in total. The maximum Gasteiger partial charge on any atom is 0.330 e. The highest BCUT2D eigenvalue weighted by Gasteiger charge is 2.35. The number of rotatable bonds is 6. The van der Waals surface area contributed by atoms with Crippen LogP contribution in [0.2, 0.25) is 0 Å². The largest absolute Gasteiger partial charge is 0.365 e. The number of benzene rings is 1. The summed E-state index contributed by atoms with van der Waals surface area (Å²) >= 11 is 1.25. The van der Waals surface area contributed by atoms with E-state index in [2.05, 4.69) is 4.98 Å². The topological polar surface area (TPSA) is 86.2 Å². The third-order valence-corrected chi connectivity index (χ3v) is 6.35.